The van der Waals surface area contributed by atoms with Crippen molar-refractivity contribution in [2.45, 2.75) is 38.8 Å². The van der Waals surface area contributed by atoms with Crippen LogP contribution in [0.4, 0.5) is 0 Å². The molecule has 3 aromatic rings. The van der Waals surface area contributed by atoms with E-state index in [0.29, 0.717) is 5.56 Å². The lowest BCUT2D eigenvalue weighted by Gasteiger charge is -2.36. The molecule has 1 fully saturated rings. The number of aryl methyl sites for hydroxylation is 1. The van der Waals surface area contributed by atoms with Gasteiger partial charge in [0.1, 0.15) is 0 Å². The van der Waals surface area contributed by atoms with E-state index in [0.717, 1.165) is 43.7 Å². The third-order valence-corrected chi connectivity index (χ3v) is 5.51. The first-order valence-corrected chi connectivity index (χ1v) is 9.88. The summed E-state index contributed by atoms with van der Waals surface area (Å²) in [5, 5.41) is 4.30. The van der Waals surface area contributed by atoms with Gasteiger partial charge in [-0.05, 0) is 51.4 Å². The van der Waals surface area contributed by atoms with Crippen LogP contribution in [0.1, 0.15) is 52.5 Å². The van der Waals surface area contributed by atoms with Crippen molar-refractivity contribution in [2.24, 2.45) is 0 Å². The Hall–Kier alpha value is -2.73. The van der Waals surface area contributed by atoms with Crippen molar-refractivity contribution in [1.29, 1.82) is 0 Å². The monoisotopic (exact) mass is 377 g/mol. The molecule has 1 aliphatic heterocycles. The van der Waals surface area contributed by atoms with E-state index in [1.807, 2.05) is 17.9 Å². The van der Waals surface area contributed by atoms with E-state index in [1.165, 1.54) is 11.1 Å². The van der Waals surface area contributed by atoms with Crippen LogP contribution in [-0.2, 0) is 6.54 Å². The van der Waals surface area contributed by atoms with Crippen LogP contribution in [0.15, 0.2) is 42.7 Å². The molecule has 0 aliphatic carbocycles. The van der Waals surface area contributed by atoms with Crippen molar-refractivity contribution in [3.05, 3.63) is 65.1 Å². The van der Waals surface area contributed by atoms with Crippen LogP contribution >= 0.6 is 0 Å². The molecular formula is C22H27N5O. The Morgan fingerprint density at radius 2 is 1.96 bits per heavy atom. The van der Waals surface area contributed by atoms with E-state index in [1.54, 1.807) is 16.9 Å². The molecule has 0 saturated carbocycles. The summed E-state index contributed by atoms with van der Waals surface area (Å²) in [5.74, 6) is 0.0458. The SMILES string of the molecule is Cc1c(C(=O)N2CCCCC2c2ccc(CN(C)C)cc2)cnc2ccnn12. The second-order valence-corrected chi connectivity index (χ2v) is 7.85. The van der Waals surface area contributed by atoms with E-state index in [-0.39, 0.29) is 11.9 Å². The lowest BCUT2D eigenvalue weighted by Crippen LogP contribution is -2.39. The highest BCUT2D eigenvalue weighted by Crippen LogP contribution is 2.32. The zero-order valence-corrected chi connectivity index (χ0v) is 16.8. The van der Waals surface area contributed by atoms with Crippen molar-refractivity contribution in [2.75, 3.05) is 20.6 Å². The van der Waals surface area contributed by atoms with Crippen molar-refractivity contribution >= 4 is 11.6 Å². The number of nitrogens with zero attached hydrogens (tertiary/aromatic N) is 5. The second kappa shape index (κ2) is 7.72. The molecule has 4 rings (SSSR count). The minimum Gasteiger partial charge on any atom is -0.332 e. The van der Waals surface area contributed by atoms with E-state index in [4.69, 9.17) is 0 Å². The Labute approximate surface area is 165 Å². The molecule has 0 radical (unpaired) electrons. The van der Waals surface area contributed by atoms with Crippen LogP contribution in [0.3, 0.4) is 0 Å². The van der Waals surface area contributed by atoms with Crippen molar-refractivity contribution < 1.29 is 4.79 Å². The number of benzene rings is 1. The maximum absolute atomic E-state index is 13.4. The van der Waals surface area contributed by atoms with E-state index in [9.17, 15) is 4.79 Å². The van der Waals surface area contributed by atoms with Gasteiger partial charge in [0.2, 0.25) is 0 Å². The fraction of sp³-hybridized carbons (Fsp3) is 0.409. The summed E-state index contributed by atoms with van der Waals surface area (Å²) in [5.41, 5.74) is 4.73. The number of carbonyl (C=O) groups excluding carboxylic acids is 1. The van der Waals surface area contributed by atoms with Crippen LogP contribution in [0.2, 0.25) is 0 Å². The Morgan fingerprint density at radius 1 is 1.18 bits per heavy atom. The largest absolute Gasteiger partial charge is 0.332 e. The summed E-state index contributed by atoms with van der Waals surface area (Å²) in [7, 11) is 4.14. The number of piperidine rings is 1. The van der Waals surface area contributed by atoms with Crippen LogP contribution in [0.25, 0.3) is 5.65 Å². The van der Waals surface area contributed by atoms with E-state index in [2.05, 4.69) is 53.3 Å². The first-order valence-electron chi connectivity index (χ1n) is 9.88. The number of hydrogen-bond donors (Lipinski definition) is 0. The second-order valence-electron chi connectivity index (χ2n) is 7.85. The highest BCUT2D eigenvalue weighted by Gasteiger charge is 2.30. The van der Waals surface area contributed by atoms with Crippen LogP contribution in [-0.4, -0.2) is 50.9 Å². The minimum absolute atomic E-state index is 0.0458. The molecule has 1 atom stereocenters. The average Bonchev–Trinajstić information content (AvgIpc) is 3.18. The van der Waals surface area contributed by atoms with E-state index < -0.39 is 0 Å². The third-order valence-electron chi connectivity index (χ3n) is 5.51. The quantitative estimate of drug-likeness (QED) is 0.699. The smallest absolute Gasteiger partial charge is 0.257 e. The Balaban J connectivity index is 1.62. The number of fused-ring (bicyclic) bond motifs is 1. The zero-order chi connectivity index (χ0) is 19.7. The molecule has 0 spiro atoms. The lowest BCUT2D eigenvalue weighted by atomic mass is 9.93. The van der Waals surface area contributed by atoms with Gasteiger partial charge in [-0.25, -0.2) is 9.50 Å². The van der Waals surface area contributed by atoms with Gasteiger partial charge in [-0.3, -0.25) is 4.79 Å². The number of likely N-dealkylation sites (tertiary alicyclic amines) is 1. The predicted octanol–water partition coefficient (Wildman–Crippen LogP) is 3.47. The van der Waals surface area contributed by atoms with Gasteiger partial charge in [0, 0.05) is 25.4 Å². The minimum atomic E-state index is 0.0458. The van der Waals surface area contributed by atoms with Crippen molar-refractivity contribution in [3.63, 3.8) is 0 Å². The molecule has 146 valence electrons. The molecule has 1 amide bonds. The summed E-state index contributed by atoms with van der Waals surface area (Å²) in [6, 6.07) is 10.7. The van der Waals surface area contributed by atoms with Crippen LogP contribution in [0.5, 0.6) is 0 Å². The molecule has 28 heavy (non-hydrogen) atoms. The Bertz CT molecular complexity index is 976. The van der Waals surface area contributed by atoms with E-state index >= 15 is 0 Å². The fourth-order valence-corrected chi connectivity index (χ4v) is 4.09. The van der Waals surface area contributed by atoms with Gasteiger partial charge in [-0.2, -0.15) is 5.10 Å². The van der Waals surface area contributed by atoms with Gasteiger partial charge in [0.15, 0.2) is 5.65 Å². The number of hydrogen-bond acceptors (Lipinski definition) is 4. The molecule has 1 saturated heterocycles. The summed E-state index contributed by atoms with van der Waals surface area (Å²) in [6.07, 6.45) is 6.58. The number of amides is 1. The maximum atomic E-state index is 13.4. The third kappa shape index (κ3) is 3.52. The zero-order valence-electron chi connectivity index (χ0n) is 16.8. The summed E-state index contributed by atoms with van der Waals surface area (Å²) >= 11 is 0. The molecule has 1 aliphatic rings. The van der Waals surface area contributed by atoms with Gasteiger partial charge < -0.3 is 9.80 Å². The molecular weight excluding hydrogens is 350 g/mol. The van der Waals surface area contributed by atoms with Gasteiger partial charge in [-0.15, -0.1) is 0 Å². The van der Waals surface area contributed by atoms with Gasteiger partial charge >= 0.3 is 0 Å². The van der Waals surface area contributed by atoms with Crippen LogP contribution in [0, 0.1) is 6.92 Å². The lowest BCUT2D eigenvalue weighted by molar-refractivity contribution is 0.0609. The van der Waals surface area contributed by atoms with Gasteiger partial charge in [0.05, 0.1) is 23.5 Å². The molecule has 6 heteroatoms. The van der Waals surface area contributed by atoms with Gasteiger partial charge in [0.25, 0.3) is 5.91 Å². The van der Waals surface area contributed by atoms with Gasteiger partial charge in [-0.1, -0.05) is 24.3 Å². The summed E-state index contributed by atoms with van der Waals surface area (Å²) in [6.45, 7) is 3.63. The predicted molar refractivity (Wildman–Crippen MR) is 109 cm³/mol. The Kier molecular flexibility index (Phi) is 5.13. The average molecular weight is 377 g/mol. The molecule has 3 heterocycles. The topological polar surface area (TPSA) is 53.7 Å². The van der Waals surface area contributed by atoms with Crippen LogP contribution < -0.4 is 0 Å². The van der Waals surface area contributed by atoms with Crippen molar-refractivity contribution in [1.82, 2.24) is 24.4 Å². The highest BCUT2D eigenvalue weighted by atomic mass is 16.2. The fourth-order valence-electron chi connectivity index (χ4n) is 4.09. The summed E-state index contributed by atoms with van der Waals surface area (Å²) < 4.78 is 1.74. The molecule has 6 nitrogen and oxygen atoms in total. The molecule has 0 N–H and O–H groups in total. The maximum Gasteiger partial charge on any atom is 0.257 e. The molecule has 2 aromatic heterocycles. The normalized spacial score (nSPS) is 17.4. The number of rotatable bonds is 4. The number of carbonyl (C=O) groups is 1. The standard InChI is InChI=1S/C22H27N5O/c1-16-19(14-23-21-11-12-24-27(16)21)22(28)26-13-5-4-6-20(26)18-9-7-17(8-10-18)15-25(2)3/h7-12,14,20H,4-6,13,15H2,1-3H3. The summed E-state index contributed by atoms with van der Waals surface area (Å²) in [4.78, 5) is 22.0. The van der Waals surface area contributed by atoms with Crippen molar-refractivity contribution in [3.8, 4) is 0 Å². The highest BCUT2D eigenvalue weighted by molar-refractivity contribution is 5.95. The first kappa shape index (κ1) is 18.6. The first-order chi connectivity index (χ1) is 13.5. The molecule has 1 unspecified atom stereocenters. The molecule has 0 bridgehead atoms. The molecule has 1 aromatic carbocycles. The Morgan fingerprint density at radius 3 is 2.71 bits per heavy atom. The number of aromatic nitrogens is 3.